The highest BCUT2D eigenvalue weighted by atomic mass is 32.2. The molecule has 0 saturated carbocycles. The van der Waals surface area contributed by atoms with E-state index in [-0.39, 0.29) is 10.9 Å². The van der Waals surface area contributed by atoms with Crippen LogP contribution in [0.15, 0.2) is 47.7 Å². The molecule has 1 unspecified atom stereocenters. The summed E-state index contributed by atoms with van der Waals surface area (Å²) < 4.78 is 37.5. The first-order valence-electron chi connectivity index (χ1n) is 8.55. The SMILES string of the molecule is C/C=C(F)\C=C(/C)F.CC.CC1=C(c2ccc(C(N)=O)cc2F)SC(C)N1. The molecule has 3 nitrogen and oxygen atoms in total. The van der Waals surface area contributed by atoms with Crippen LogP contribution < -0.4 is 11.1 Å². The Hall–Kier alpha value is -2.15. The zero-order valence-electron chi connectivity index (χ0n) is 16.5. The second-order valence-corrected chi connectivity index (χ2v) is 6.67. The summed E-state index contributed by atoms with van der Waals surface area (Å²) in [6.07, 6.45) is 2.03. The summed E-state index contributed by atoms with van der Waals surface area (Å²) in [5, 5.41) is 3.45. The summed E-state index contributed by atoms with van der Waals surface area (Å²) in [5.74, 6) is -2.09. The van der Waals surface area contributed by atoms with Crippen molar-refractivity contribution in [3.63, 3.8) is 0 Å². The molecule has 3 N–H and O–H groups in total. The Morgan fingerprint density at radius 2 is 1.89 bits per heavy atom. The van der Waals surface area contributed by atoms with Gasteiger partial charge in [0.05, 0.1) is 11.2 Å². The highest BCUT2D eigenvalue weighted by molar-refractivity contribution is 8.09. The fraction of sp³-hybridized carbons (Fsp3) is 0.350. The molecule has 0 fully saturated rings. The van der Waals surface area contributed by atoms with Crippen LogP contribution in [0.5, 0.6) is 0 Å². The summed E-state index contributed by atoms with van der Waals surface area (Å²) in [7, 11) is 0. The third-order valence-corrected chi connectivity index (χ3v) is 4.40. The Bertz CT molecular complexity index is 739. The van der Waals surface area contributed by atoms with Crippen LogP contribution in [-0.4, -0.2) is 11.3 Å². The van der Waals surface area contributed by atoms with Gasteiger partial charge in [0.2, 0.25) is 5.91 Å². The van der Waals surface area contributed by atoms with E-state index >= 15 is 0 Å². The second-order valence-electron chi connectivity index (χ2n) is 5.32. The van der Waals surface area contributed by atoms with Gasteiger partial charge in [0.15, 0.2) is 0 Å². The van der Waals surface area contributed by atoms with E-state index in [1.165, 1.54) is 26.0 Å². The van der Waals surface area contributed by atoms with E-state index in [0.29, 0.717) is 5.56 Å². The predicted octanol–water partition coefficient (Wildman–Crippen LogP) is 6.05. The Labute approximate surface area is 163 Å². The number of hydrogen-bond donors (Lipinski definition) is 2. The van der Waals surface area contributed by atoms with Gasteiger partial charge in [0.25, 0.3) is 0 Å². The van der Waals surface area contributed by atoms with Crippen LogP contribution in [-0.2, 0) is 0 Å². The maximum Gasteiger partial charge on any atom is 0.248 e. The first-order valence-corrected chi connectivity index (χ1v) is 9.43. The van der Waals surface area contributed by atoms with Crippen molar-refractivity contribution in [1.82, 2.24) is 5.32 Å². The molecule has 1 aliphatic rings. The number of thioether (sulfide) groups is 1. The van der Waals surface area contributed by atoms with Crippen LogP contribution >= 0.6 is 11.8 Å². The van der Waals surface area contributed by atoms with E-state index in [1.807, 2.05) is 27.7 Å². The minimum absolute atomic E-state index is 0.188. The van der Waals surface area contributed by atoms with Crippen LogP contribution in [0.3, 0.4) is 0 Å². The van der Waals surface area contributed by atoms with Crippen molar-refractivity contribution < 1.29 is 18.0 Å². The Morgan fingerprint density at radius 1 is 1.30 bits per heavy atom. The molecule has 0 aromatic heterocycles. The summed E-state index contributed by atoms with van der Waals surface area (Å²) in [4.78, 5) is 11.8. The average molecular weight is 401 g/mol. The first-order chi connectivity index (χ1) is 12.6. The van der Waals surface area contributed by atoms with E-state index < -0.39 is 23.4 Å². The Morgan fingerprint density at radius 3 is 2.22 bits per heavy atom. The van der Waals surface area contributed by atoms with Gasteiger partial charge in [-0.05, 0) is 39.8 Å². The molecule has 0 radical (unpaired) electrons. The quantitative estimate of drug-likeness (QED) is 0.607. The zero-order chi connectivity index (χ0) is 21.1. The van der Waals surface area contributed by atoms with E-state index in [9.17, 15) is 18.0 Å². The molecule has 0 bridgehead atoms. The fourth-order valence-electron chi connectivity index (χ4n) is 2.06. The minimum atomic E-state index is -0.619. The number of hydrogen-bond acceptors (Lipinski definition) is 3. The number of rotatable bonds is 3. The smallest absolute Gasteiger partial charge is 0.248 e. The largest absolute Gasteiger partial charge is 0.376 e. The van der Waals surface area contributed by atoms with Gasteiger partial charge in [-0.1, -0.05) is 37.8 Å². The van der Waals surface area contributed by atoms with Crippen LogP contribution in [0.2, 0.25) is 0 Å². The lowest BCUT2D eigenvalue weighted by Gasteiger charge is -2.06. The maximum absolute atomic E-state index is 13.9. The topological polar surface area (TPSA) is 55.1 Å². The molecule has 1 amide bonds. The highest BCUT2D eigenvalue weighted by Gasteiger charge is 2.21. The van der Waals surface area contributed by atoms with E-state index in [0.717, 1.165) is 16.7 Å². The van der Waals surface area contributed by atoms with Crippen molar-refractivity contribution in [3.05, 3.63) is 64.6 Å². The van der Waals surface area contributed by atoms with Crippen LogP contribution in [0.25, 0.3) is 4.91 Å². The second kappa shape index (κ2) is 12.3. The number of allylic oxidation sites excluding steroid dienone is 5. The minimum Gasteiger partial charge on any atom is -0.376 e. The number of nitrogens with one attached hydrogen (secondary N) is 1. The molecule has 1 aromatic rings. The molecule has 1 atom stereocenters. The molecule has 150 valence electrons. The van der Waals surface area contributed by atoms with Gasteiger partial charge in [-0.15, -0.1) is 0 Å². The van der Waals surface area contributed by atoms with Gasteiger partial charge in [-0.2, -0.15) is 0 Å². The summed E-state index contributed by atoms with van der Waals surface area (Å²) in [6, 6.07) is 4.33. The molecular weight excluding hydrogens is 373 g/mol. The number of halogens is 3. The first kappa shape index (κ1) is 24.8. The normalized spacial score (nSPS) is 16.7. The number of benzene rings is 1. The summed E-state index contributed by atoms with van der Waals surface area (Å²) >= 11 is 1.57. The predicted molar refractivity (Wildman–Crippen MR) is 109 cm³/mol. The lowest BCUT2D eigenvalue weighted by atomic mass is 10.1. The van der Waals surface area contributed by atoms with E-state index in [2.05, 4.69) is 5.32 Å². The molecule has 1 aromatic carbocycles. The van der Waals surface area contributed by atoms with Crippen LogP contribution in [0.4, 0.5) is 13.2 Å². The van der Waals surface area contributed by atoms with Crippen molar-refractivity contribution in [3.8, 4) is 0 Å². The molecule has 2 rings (SSSR count). The number of carbonyl (C=O) groups excluding carboxylic acids is 1. The van der Waals surface area contributed by atoms with E-state index in [1.54, 1.807) is 23.9 Å². The van der Waals surface area contributed by atoms with Gasteiger partial charge in [-0.3, -0.25) is 4.79 Å². The monoisotopic (exact) mass is 400 g/mol. The van der Waals surface area contributed by atoms with Crippen molar-refractivity contribution in [2.45, 2.75) is 46.9 Å². The maximum atomic E-state index is 13.9. The summed E-state index contributed by atoms with van der Waals surface area (Å²) in [6.45, 7) is 10.6. The number of nitrogens with two attached hydrogens (primary N) is 1. The molecule has 0 spiro atoms. The molecule has 0 aliphatic carbocycles. The third kappa shape index (κ3) is 8.39. The van der Waals surface area contributed by atoms with Gasteiger partial charge >= 0.3 is 0 Å². The zero-order valence-corrected chi connectivity index (χ0v) is 17.3. The van der Waals surface area contributed by atoms with Gasteiger partial charge in [0, 0.05) is 27.8 Å². The standard InChI is InChI=1S/C12H13FN2OS.C6H8F2.C2H6/c1-6-11(17-7(2)15-6)9-4-3-8(12(14)16)5-10(9)13;1-3-6(8)4-5(2)7;1-2/h3-5,7,15H,1-2H3,(H2,14,16);3-4H,1-2H3;1-2H3/b;5-4+,6-3+;. The number of amides is 1. The van der Waals surface area contributed by atoms with Gasteiger partial charge in [-0.25, -0.2) is 13.2 Å². The number of carbonyl (C=O) groups is 1. The summed E-state index contributed by atoms with van der Waals surface area (Å²) in [5.41, 5.74) is 6.75. The molecule has 7 heteroatoms. The van der Waals surface area contributed by atoms with Gasteiger partial charge in [0.1, 0.15) is 11.6 Å². The molecule has 1 aliphatic heterocycles. The van der Waals surface area contributed by atoms with Crippen LogP contribution in [0.1, 0.15) is 57.5 Å². The van der Waals surface area contributed by atoms with Crippen molar-refractivity contribution in [2.24, 2.45) is 5.73 Å². The lowest BCUT2D eigenvalue weighted by Crippen LogP contribution is -2.14. The Balaban J connectivity index is 0.000000574. The molecular formula is C20H27F3N2OS. The highest BCUT2D eigenvalue weighted by Crippen LogP contribution is 2.38. The average Bonchev–Trinajstić information content (AvgIpc) is 2.94. The lowest BCUT2D eigenvalue weighted by molar-refractivity contribution is 0.1000. The third-order valence-electron chi connectivity index (χ3n) is 3.17. The fourth-order valence-corrected chi connectivity index (χ4v) is 3.17. The van der Waals surface area contributed by atoms with Crippen molar-refractivity contribution in [1.29, 1.82) is 0 Å². The molecule has 27 heavy (non-hydrogen) atoms. The molecule has 0 saturated heterocycles. The van der Waals surface area contributed by atoms with Crippen molar-refractivity contribution >= 4 is 22.6 Å². The van der Waals surface area contributed by atoms with Crippen molar-refractivity contribution in [2.75, 3.05) is 0 Å². The Kier molecular flexibility index (Phi) is 11.3. The van der Waals surface area contributed by atoms with Crippen LogP contribution in [0, 0.1) is 5.82 Å². The molecule has 1 heterocycles. The van der Waals surface area contributed by atoms with Gasteiger partial charge < -0.3 is 11.1 Å². The van der Waals surface area contributed by atoms with E-state index in [4.69, 9.17) is 5.73 Å². The number of primary amides is 1.